The number of ether oxygens (including phenoxy) is 1. The van der Waals surface area contributed by atoms with Gasteiger partial charge >= 0.3 is 0 Å². The normalized spacial score (nSPS) is 21.4. The highest BCUT2D eigenvalue weighted by Gasteiger charge is 2.46. The smallest absolute Gasteiger partial charge is 0.253 e. The molecule has 0 bridgehead atoms. The van der Waals surface area contributed by atoms with Crippen LogP contribution in [0.3, 0.4) is 0 Å². The van der Waals surface area contributed by atoms with E-state index in [1.165, 1.54) is 5.56 Å². The minimum atomic E-state index is 0.00825. The van der Waals surface area contributed by atoms with Gasteiger partial charge in [0.15, 0.2) is 0 Å². The summed E-state index contributed by atoms with van der Waals surface area (Å²) >= 11 is 3.45. The zero-order valence-corrected chi connectivity index (χ0v) is 17.4. The summed E-state index contributed by atoms with van der Waals surface area (Å²) in [5, 5.41) is 0. The molecule has 2 aliphatic rings. The lowest BCUT2D eigenvalue weighted by Gasteiger charge is -2.35. The molecule has 2 aromatic rings. The average molecular weight is 443 g/mol. The van der Waals surface area contributed by atoms with E-state index in [1.807, 2.05) is 21.9 Å². The average Bonchev–Trinajstić information content (AvgIpc) is 3.54. The molecule has 1 aliphatic heterocycles. The lowest BCUT2D eigenvalue weighted by Crippen LogP contribution is -2.51. The van der Waals surface area contributed by atoms with Crippen molar-refractivity contribution in [1.29, 1.82) is 0 Å². The van der Waals surface area contributed by atoms with Gasteiger partial charge in [-0.3, -0.25) is 9.59 Å². The summed E-state index contributed by atoms with van der Waals surface area (Å²) in [5.41, 5.74) is 1.88. The Morgan fingerprint density at radius 1 is 0.929 bits per heavy atom. The second kappa shape index (κ2) is 7.95. The van der Waals surface area contributed by atoms with E-state index in [2.05, 4.69) is 28.1 Å². The van der Waals surface area contributed by atoms with Gasteiger partial charge < -0.3 is 14.5 Å². The topological polar surface area (TPSA) is 49.9 Å². The van der Waals surface area contributed by atoms with Crippen LogP contribution in [0.1, 0.15) is 28.3 Å². The van der Waals surface area contributed by atoms with E-state index in [1.54, 1.807) is 31.4 Å². The summed E-state index contributed by atoms with van der Waals surface area (Å²) in [6.07, 6.45) is 0.922. The number of piperazine rings is 1. The van der Waals surface area contributed by atoms with Crippen LogP contribution in [0, 0.1) is 5.92 Å². The first-order valence-corrected chi connectivity index (χ1v) is 10.3. The van der Waals surface area contributed by atoms with Crippen LogP contribution in [-0.4, -0.2) is 54.9 Å². The van der Waals surface area contributed by atoms with Gasteiger partial charge in [-0.25, -0.2) is 0 Å². The predicted octanol–water partition coefficient (Wildman–Crippen LogP) is 3.55. The maximum atomic E-state index is 12.8. The second-order valence-corrected chi connectivity index (χ2v) is 8.26. The molecule has 2 atom stereocenters. The van der Waals surface area contributed by atoms with E-state index in [-0.39, 0.29) is 17.7 Å². The first-order chi connectivity index (χ1) is 13.6. The molecule has 2 amide bonds. The summed E-state index contributed by atoms with van der Waals surface area (Å²) in [5.74, 6) is 1.39. The highest BCUT2D eigenvalue weighted by atomic mass is 79.9. The Kier molecular flexibility index (Phi) is 5.40. The van der Waals surface area contributed by atoms with Gasteiger partial charge in [-0.05, 0) is 54.3 Å². The van der Waals surface area contributed by atoms with Gasteiger partial charge in [0, 0.05) is 42.1 Å². The Bertz CT molecular complexity index is 858. The minimum Gasteiger partial charge on any atom is -0.497 e. The Hall–Kier alpha value is -2.34. The first-order valence-electron chi connectivity index (χ1n) is 9.54. The molecule has 2 aromatic carbocycles. The van der Waals surface area contributed by atoms with Crippen molar-refractivity contribution in [1.82, 2.24) is 9.80 Å². The third-order valence-corrected chi connectivity index (χ3v) is 6.15. The maximum Gasteiger partial charge on any atom is 0.253 e. The molecule has 5 nitrogen and oxygen atoms in total. The summed E-state index contributed by atoms with van der Waals surface area (Å²) in [7, 11) is 1.61. The van der Waals surface area contributed by atoms with Crippen molar-refractivity contribution in [3.63, 3.8) is 0 Å². The van der Waals surface area contributed by atoms with Gasteiger partial charge in [-0.15, -0.1) is 0 Å². The standard InChI is InChI=1S/C22H23BrN2O3/c1-28-18-8-4-16(5-9-18)21(26)24-10-12-25(13-11-24)22(27)20-14-19(20)15-2-6-17(23)7-3-15/h2-9,19-20H,10-14H2,1H3. The number of hydrogen-bond acceptors (Lipinski definition) is 3. The van der Waals surface area contributed by atoms with Crippen LogP contribution in [0.4, 0.5) is 0 Å². The van der Waals surface area contributed by atoms with Crippen molar-refractivity contribution in [3.05, 3.63) is 64.1 Å². The van der Waals surface area contributed by atoms with Crippen molar-refractivity contribution in [2.75, 3.05) is 33.3 Å². The van der Waals surface area contributed by atoms with Crippen LogP contribution in [0.25, 0.3) is 0 Å². The van der Waals surface area contributed by atoms with Gasteiger partial charge in [-0.2, -0.15) is 0 Å². The van der Waals surface area contributed by atoms with Crippen molar-refractivity contribution in [3.8, 4) is 5.75 Å². The molecular weight excluding hydrogens is 420 g/mol. The lowest BCUT2D eigenvalue weighted by atomic mass is 10.1. The van der Waals surface area contributed by atoms with E-state index in [4.69, 9.17) is 4.74 Å². The fraction of sp³-hybridized carbons (Fsp3) is 0.364. The van der Waals surface area contributed by atoms with Gasteiger partial charge in [-0.1, -0.05) is 28.1 Å². The van der Waals surface area contributed by atoms with Crippen LogP contribution in [-0.2, 0) is 4.79 Å². The molecule has 0 aromatic heterocycles. The number of hydrogen-bond donors (Lipinski definition) is 0. The van der Waals surface area contributed by atoms with E-state index < -0.39 is 0 Å². The predicted molar refractivity (Wildman–Crippen MR) is 110 cm³/mol. The van der Waals surface area contributed by atoms with Crippen molar-refractivity contribution < 1.29 is 14.3 Å². The maximum absolute atomic E-state index is 12.8. The molecule has 1 saturated heterocycles. The number of carbonyl (C=O) groups excluding carboxylic acids is 2. The molecule has 6 heteroatoms. The summed E-state index contributed by atoms with van der Waals surface area (Å²) < 4.78 is 6.19. The molecule has 0 radical (unpaired) electrons. The van der Waals surface area contributed by atoms with Gasteiger partial charge in [0.25, 0.3) is 5.91 Å². The number of rotatable bonds is 4. The number of nitrogens with zero attached hydrogens (tertiary/aromatic N) is 2. The Morgan fingerprint density at radius 2 is 1.54 bits per heavy atom. The fourth-order valence-corrected chi connectivity index (χ4v) is 4.09. The molecule has 2 unspecified atom stereocenters. The molecular formula is C22H23BrN2O3. The Balaban J connectivity index is 1.31. The zero-order valence-electron chi connectivity index (χ0n) is 15.8. The van der Waals surface area contributed by atoms with Gasteiger partial charge in [0.05, 0.1) is 7.11 Å². The minimum absolute atomic E-state index is 0.00825. The van der Waals surface area contributed by atoms with Crippen LogP contribution < -0.4 is 4.74 Å². The monoisotopic (exact) mass is 442 g/mol. The van der Waals surface area contributed by atoms with Crippen LogP contribution in [0.5, 0.6) is 5.75 Å². The summed E-state index contributed by atoms with van der Waals surface area (Å²) in [4.78, 5) is 29.2. The Labute approximate surface area is 173 Å². The molecule has 1 saturated carbocycles. The Morgan fingerprint density at radius 3 is 2.14 bits per heavy atom. The number of methoxy groups -OCH3 is 1. The largest absolute Gasteiger partial charge is 0.497 e. The molecule has 0 N–H and O–H groups in total. The van der Waals surface area contributed by atoms with Crippen LogP contribution >= 0.6 is 15.9 Å². The molecule has 146 valence electrons. The molecule has 0 spiro atoms. The SMILES string of the molecule is COc1ccc(C(=O)N2CCN(C(=O)C3CC3c3ccc(Br)cc3)CC2)cc1. The van der Waals surface area contributed by atoms with E-state index in [9.17, 15) is 9.59 Å². The van der Waals surface area contributed by atoms with E-state index in [0.717, 1.165) is 16.6 Å². The number of amides is 2. The second-order valence-electron chi connectivity index (χ2n) is 7.35. The van der Waals surface area contributed by atoms with Crippen molar-refractivity contribution in [2.45, 2.75) is 12.3 Å². The number of halogens is 1. The molecule has 28 heavy (non-hydrogen) atoms. The molecule has 4 rings (SSSR count). The zero-order chi connectivity index (χ0) is 19.7. The van der Waals surface area contributed by atoms with Crippen LogP contribution in [0.15, 0.2) is 53.0 Å². The quantitative estimate of drug-likeness (QED) is 0.727. The summed E-state index contributed by atoms with van der Waals surface area (Å²) in [6, 6.07) is 15.4. The van der Waals surface area contributed by atoms with Crippen molar-refractivity contribution in [2.24, 2.45) is 5.92 Å². The highest BCUT2D eigenvalue weighted by molar-refractivity contribution is 9.10. The van der Waals surface area contributed by atoms with Crippen molar-refractivity contribution >= 4 is 27.7 Å². The number of benzene rings is 2. The lowest BCUT2D eigenvalue weighted by molar-refractivity contribution is -0.134. The third-order valence-electron chi connectivity index (χ3n) is 5.62. The van der Waals surface area contributed by atoms with Gasteiger partial charge in [0.1, 0.15) is 5.75 Å². The number of carbonyl (C=O) groups is 2. The molecule has 1 aliphatic carbocycles. The molecule has 2 fully saturated rings. The third kappa shape index (κ3) is 3.92. The summed E-state index contributed by atoms with van der Waals surface area (Å²) in [6.45, 7) is 2.35. The molecule has 1 heterocycles. The van der Waals surface area contributed by atoms with E-state index >= 15 is 0 Å². The fourth-order valence-electron chi connectivity index (χ4n) is 3.83. The first kappa shape index (κ1) is 19.0. The van der Waals surface area contributed by atoms with Gasteiger partial charge in [0.2, 0.25) is 5.91 Å². The highest BCUT2D eigenvalue weighted by Crippen LogP contribution is 2.48. The van der Waals surface area contributed by atoms with Crippen LogP contribution in [0.2, 0.25) is 0 Å². The van der Waals surface area contributed by atoms with E-state index in [0.29, 0.717) is 37.7 Å².